The summed E-state index contributed by atoms with van der Waals surface area (Å²) in [6.45, 7) is 1.71. The Morgan fingerprint density at radius 3 is 2.38 bits per heavy atom. The second-order valence-electron chi connectivity index (χ2n) is 5.51. The lowest BCUT2D eigenvalue weighted by Crippen LogP contribution is -2.14. The van der Waals surface area contributed by atoms with Crippen molar-refractivity contribution >= 4 is 23.2 Å². The lowest BCUT2D eigenvalue weighted by atomic mass is 10.2. The van der Waals surface area contributed by atoms with Crippen molar-refractivity contribution in [3.8, 4) is 5.75 Å². The number of aryl methyl sites for hydroxylation is 1. The Bertz CT molecular complexity index is 932. The summed E-state index contributed by atoms with van der Waals surface area (Å²) in [6, 6.07) is 15.2. The summed E-state index contributed by atoms with van der Waals surface area (Å²) < 4.78 is 10.1. The van der Waals surface area contributed by atoms with E-state index in [0.29, 0.717) is 28.4 Å². The molecule has 0 spiro atoms. The molecule has 26 heavy (non-hydrogen) atoms. The molecule has 3 aromatic rings. The highest BCUT2D eigenvalue weighted by Gasteiger charge is 2.12. The van der Waals surface area contributed by atoms with Gasteiger partial charge in [0.25, 0.3) is 11.8 Å². The van der Waals surface area contributed by atoms with Crippen LogP contribution in [-0.4, -0.2) is 24.1 Å². The molecule has 0 aliphatic carbocycles. The first-order valence-electron chi connectivity index (χ1n) is 7.86. The zero-order valence-corrected chi connectivity index (χ0v) is 14.3. The molecule has 0 fully saturated rings. The number of para-hydroxylation sites is 2. The minimum Gasteiger partial charge on any atom is -0.495 e. The van der Waals surface area contributed by atoms with E-state index in [9.17, 15) is 9.59 Å². The molecule has 132 valence electrons. The van der Waals surface area contributed by atoms with Gasteiger partial charge in [0.05, 0.1) is 12.8 Å². The maximum Gasteiger partial charge on any atom is 0.277 e. The van der Waals surface area contributed by atoms with Crippen molar-refractivity contribution in [2.75, 3.05) is 17.7 Å². The van der Waals surface area contributed by atoms with Crippen LogP contribution in [0, 0.1) is 6.92 Å². The molecule has 1 heterocycles. The molecule has 0 atom stereocenters. The minimum absolute atomic E-state index is 0.195. The number of anilines is 2. The molecule has 0 saturated heterocycles. The molecule has 0 radical (unpaired) electrons. The van der Waals surface area contributed by atoms with Gasteiger partial charge in [-0.25, -0.2) is 0 Å². The van der Waals surface area contributed by atoms with Crippen molar-refractivity contribution in [1.29, 1.82) is 0 Å². The van der Waals surface area contributed by atoms with Crippen LogP contribution in [0.15, 0.2) is 59.1 Å². The second kappa shape index (κ2) is 7.52. The van der Waals surface area contributed by atoms with Crippen molar-refractivity contribution in [1.82, 2.24) is 5.16 Å². The Kier molecular flexibility index (Phi) is 4.98. The highest BCUT2D eigenvalue weighted by Crippen LogP contribution is 2.24. The van der Waals surface area contributed by atoms with Crippen LogP contribution in [0.4, 0.5) is 11.4 Å². The summed E-state index contributed by atoms with van der Waals surface area (Å²) in [6.07, 6.45) is 0. The average Bonchev–Trinajstić information content (AvgIpc) is 3.09. The molecule has 2 N–H and O–H groups in total. The van der Waals surface area contributed by atoms with Crippen LogP contribution in [0.25, 0.3) is 0 Å². The van der Waals surface area contributed by atoms with Crippen LogP contribution in [0.2, 0.25) is 0 Å². The number of ether oxygens (including phenoxy) is 1. The average molecular weight is 351 g/mol. The SMILES string of the molecule is COc1ccccc1NC(=O)c1ccc(NC(=O)c2cc(C)on2)cc1. The van der Waals surface area contributed by atoms with E-state index >= 15 is 0 Å². The smallest absolute Gasteiger partial charge is 0.277 e. The summed E-state index contributed by atoms with van der Waals surface area (Å²) >= 11 is 0. The second-order valence-corrected chi connectivity index (χ2v) is 5.51. The van der Waals surface area contributed by atoms with Crippen molar-refractivity contribution in [3.63, 3.8) is 0 Å². The number of amides is 2. The van der Waals surface area contributed by atoms with Gasteiger partial charge in [-0.2, -0.15) is 0 Å². The van der Waals surface area contributed by atoms with Gasteiger partial charge in [0.15, 0.2) is 5.69 Å². The van der Waals surface area contributed by atoms with Crippen LogP contribution >= 0.6 is 0 Å². The number of methoxy groups -OCH3 is 1. The van der Waals surface area contributed by atoms with E-state index in [2.05, 4.69) is 15.8 Å². The normalized spacial score (nSPS) is 10.2. The summed E-state index contributed by atoms with van der Waals surface area (Å²) in [5, 5.41) is 9.14. The fourth-order valence-corrected chi connectivity index (χ4v) is 2.32. The largest absolute Gasteiger partial charge is 0.495 e. The molecule has 7 nitrogen and oxygen atoms in total. The number of nitrogens with zero attached hydrogens (tertiary/aromatic N) is 1. The predicted molar refractivity (Wildman–Crippen MR) is 96.6 cm³/mol. The van der Waals surface area contributed by atoms with Crippen LogP contribution in [-0.2, 0) is 0 Å². The molecule has 1 aromatic heterocycles. The van der Waals surface area contributed by atoms with Crippen molar-refractivity contribution < 1.29 is 18.8 Å². The van der Waals surface area contributed by atoms with Gasteiger partial charge in [-0.15, -0.1) is 0 Å². The van der Waals surface area contributed by atoms with E-state index < -0.39 is 0 Å². The standard InChI is InChI=1S/C19H17N3O4/c1-12-11-16(22-26-12)19(24)20-14-9-7-13(8-10-14)18(23)21-15-5-3-4-6-17(15)25-2/h3-11H,1-2H3,(H,20,24)(H,21,23). The van der Waals surface area contributed by atoms with Crippen LogP contribution in [0.1, 0.15) is 26.6 Å². The Morgan fingerprint density at radius 1 is 1.00 bits per heavy atom. The Hall–Kier alpha value is -3.61. The molecule has 2 aromatic carbocycles. The first-order chi connectivity index (χ1) is 12.6. The van der Waals surface area contributed by atoms with E-state index in [1.807, 2.05) is 12.1 Å². The molecular weight excluding hydrogens is 334 g/mol. The molecule has 2 amide bonds. The van der Waals surface area contributed by atoms with Crippen LogP contribution < -0.4 is 15.4 Å². The third-order valence-corrected chi connectivity index (χ3v) is 3.62. The molecule has 0 unspecified atom stereocenters. The quantitative estimate of drug-likeness (QED) is 0.734. The van der Waals surface area contributed by atoms with E-state index in [1.54, 1.807) is 56.5 Å². The minimum atomic E-state index is -0.381. The molecule has 0 aliphatic rings. The highest BCUT2D eigenvalue weighted by atomic mass is 16.5. The van der Waals surface area contributed by atoms with Gasteiger partial charge in [0, 0.05) is 17.3 Å². The number of carbonyl (C=O) groups excluding carboxylic acids is 2. The zero-order valence-electron chi connectivity index (χ0n) is 14.3. The van der Waals surface area contributed by atoms with Crippen molar-refractivity contribution in [2.45, 2.75) is 6.92 Å². The first-order valence-corrected chi connectivity index (χ1v) is 7.86. The molecule has 0 bridgehead atoms. The van der Waals surface area contributed by atoms with Crippen LogP contribution in [0.3, 0.4) is 0 Å². The molecule has 0 aliphatic heterocycles. The number of hydrogen-bond donors (Lipinski definition) is 2. The van der Waals surface area contributed by atoms with Gasteiger partial charge < -0.3 is 19.9 Å². The van der Waals surface area contributed by atoms with E-state index in [4.69, 9.17) is 9.26 Å². The molecular formula is C19H17N3O4. The molecule has 7 heteroatoms. The van der Waals surface area contributed by atoms with Gasteiger partial charge in [0.1, 0.15) is 11.5 Å². The van der Waals surface area contributed by atoms with Crippen molar-refractivity contribution in [2.24, 2.45) is 0 Å². The topological polar surface area (TPSA) is 93.5 Å². The lowest BCUT2D eigenvalue weighted by molar-refractivity contribution is 0.101. The van der Waals surface area contributed by atoms with E-state index in [0.717, 1.165) is 0 Å². The number of benzene rings is 2. The van der Waals surface area contributed by atoms with Crippen LogP contribution in [0.5, 0.6) is 5.75 Å². The maximum atomic E-state index is 12.4. The maximum absolute atomic E-state index is 12.4. The summed E-state index contributed by atoms with van der Waals surface area (Å²) in [5.41, 5.74) is 1.77. The third kappa shape index (κ3) is 3.89. The fraction of sp³-hybridized carbons (Fsp3) is 0.105. The van der Waals surface area contributed by atoms with Gasteiger partial charge in [-0.1, -0.05) is 17.3 Å². The van der Waals surface area contributed by atoms with E-state index in [-0.39, 0.29) is 17.5 Å². The first kappa shape index (κ1) is 17.2. The van der Waals surface area contributed by atoms with Gasteiger partial charge >= 0.3 is 0 Å². The Morgan fingerprint density at radius 2 is 1.73 bits per heavy atom. The predicted octanol–water partition coefficient (Wildman–Crippen LogP) is 3.50. The molecule has 3 rings (SSSR count). The van der Waals surface area contributed by atoms with Crippen molar-refractivity contribution in [3.05, 3.63) is 71.6 Å². The molecule has 0 saturated carbocycles. The Labute approximate surface area is 150 Å². The number of nitrogens with one attached hydrogen (secondary N) is 2. The van der Waals surface area contributed by atoms with Gasteiger partial charge in [-0.05, 0) is 43.3 Å². The lowest BCUT2D eigenvalue weighted by Gasteiger charge is -2.10. The number of aromatic nitrogens is 1. The zero-order chi connectivity index (χ0) is 18.5. The van der Waals surface area contributed by atoms with E-state index in [1.165, 1.54) is 0 Å². The monoisotopic (exact) mass is 351 g/mol. The Balaban J connectivity index is 1.67. The number of carbonyl (C=O) groups is 2. The number of hydrogen-bond acceptors (Lipinski definition) is 5. The number of rotatable bonds is 5. The summed E-state index contributed by atoms with van der Waals surface area (Å²) in [5.74, 6) is 0.471. The summed E-state index contributed by atoms with van der Waals surface area (Å²) in [4.78, 5) is 24.4. The third-order valence-electron chi connectivity index (χ3n) is 3.62. The van der Waals surface area contributed by atoms with Gasteiger partial charge in [-0.3, -0.25) is 9.59 Å². The van der Waals surface area contributed by atoms with Gasteiger partial charge in [0.2, 0.25) is 0 Å². The fourth-order valence-electron chi connectivity index (χ4n) is 2.32. The highest BCUT2D eigenvalue weighted by molar-refractivity contribution is 6.06. The summed E-state index contributed by atoms with van der Waals surface area (Å²) in [7, 11) is 1.54.